The summed E-state index contributed by atoms with van der Waals surface area (Å²) in [5, 5.41) is 41.8. The molecule has 12 nitrogen and oxygen atoms in total. The molecule has 1 atom stereocenters. The molecule has 0 amide bonds. The molecule has 0 spiro atoms. The van der Waals surface area contributed by atoms with Crippen LogP contribution in [-0.2, 0) is 19.2 Å². The maximum atomic E-state index is 11.4. The van der Waals surface area contributed by atoms with E-state index in [1.807, 2.05) is 13.8 Å². The van der Waals surface area contributed by atoms with E-state index < -0.39 is 29.9 Å². The lowest BCUT2D eigenvalue weighted by Crippen LogP contribution is -2.46. The lowest BCUT2D eigenvalue weighted by Gasteiger charge is -2.26. The normalized spacial score (nSPS) is 12.4. The van der Waals surface area contributed by atoms with Crippen molar-refractivity contribution in [2.24, 2.45) is 5.92 Å². The van der Waals surface area contributed by atoms with Crippen LogP contribution in [0.3, 0.4) is 0 Å². The minimum absolute atomic E-state index is 0.237. The summed E-state index contributed by atoms with van der Waals surface area (Å²) in [5.74, 6) is -3.68. The summed E-state index contributed by atoms with van der Waals surface area (Å²) in [6.45, 7) is 4.92. The number of hydrogen-bond donors (Lipinski definition) is 6. The molecular weight excluding hydrogens is 412 g/mol. The molecule has 0 heterocycles. The highest BCUT2D eigenvalue weighted by molar-refractivity contribution is 5.73. The van der Waals surface area contributed by atoms with Crippen LogP contribution in [0.1, 0.15) is 26.7 Å². The number of carbonyl (C=O) groups is 4. The molecule has 0 saturated heterocycles. The fraction of sp³-hybridized carbons (Fsp3) is 0.789. The fourth-order valence-electron chi connectivity index (χ4n) is 2.85. The Balaban J connectivity index is 4.66. The summed E-state index contributed by atoms with van der Waals surface area (Å²) in [6.07, 6.45) is 1.23. The van der Waals surface area contributed by atoms with Gasteiger partial charge >= 0.3 is 23.9 Å². The van der Waals surface area contributed by atoms with Gasteiger partial charge in [-0.15, -0.1) is 0 Å². The Kier molecular flexibility index (Phi) is 15.2. The third-order valence-electron chi connectivity index (χ3n) is 4.48. The van der Waals surface area contributed by atoms with Crippen LogP contribution in [0.15, 0.2) is 0 Å². The van der Waals surface area contributed by atoms with Crippen LogP contribution in [0.25, 0.3) is 0 Å². The molecule has 1 unspecified atom stereocenters. The molecule has 12 heteroatoms. The highest BCUT2D eigenvalue weighted by Gasteiger charge is 2.18. The summed E-state index contributed by atoms with van der Waals surface area (Å²) in [6, 6.07) is -0.710. The Morgan fingerprint density at radius 1 is 0.742 bits per heavy atom. The summed E-state index contributed by atoms with van der Waals surface area (Å²) in [4.78, 5) is 47.3. The van der Waals surface area contributed by atoms with Gasteiger partial charge in [0.15, 0.2) is 0 Å². The first-order valence-electron chi connectivity index (χ1n) is 10.3. The fourth-order valence-corrected chi connectivity index (χ4v) is 2.85. The van der Waals surface area contributed by atoms with Gasteiger partial charge in [0.05, 0.1) is 19.6 Å². The van der Waals surface area contributed by atoms with Gasteiger partial charge in [0.2, 0.25) is 0 Å². The maximum absolute atomic E-state index is 11.4. The van der Waals surface area contributed by atoms with Crippen molar-refractivity contribution in [3.05, 3.63) is 0 Å². The first kappa shape index (κ1) is 28.7. The molecule has 0 aliphatic carbocycles. The molecule has 0 aromatic rings. The largest absolute Gasteiger partial charge is 0.480 e. The Hall–Kier alpha value is -2.28. The lowest BCUT2D eigenvalue weighted by molar-refractivity contribution is -0.140. The zero-order valence-electron chi connectivity index (χ0n) is 18.2. The topological polar surface area (TPSA) is 180 Å². The van der Waals surface area contributed by atoms with E-state index in [1.54, 1.807) is 9.80 Å². The number of carboxylic acid groups (broad SMARTS) is 4. The average molecular weight is 449 g/mol. The van der Waals surface area contributed by atoms with Crippen molar-refractivity contribution in [2.75, 3.05) is 58.9 Å². The van der Waals surface area contributed by atoms with Crippen molar-refractivity contribution in [3.63, 3.8) is 0 Å². The zero-order chi connectivity index (χ0) is 23.8. The van der Waals surface area contributed by atoms with Crippen LogP contribution in [0.2, 0.25) is 0 Å². The SMILES string of the molecule is CC(C)CCC(NCCN(CCN(CCNCC(=O)O)CC(=O)O)CC(=O)O)C(=O)O. The van der Waals surface area contributed by atoms with E-state index in [1.165, 1.54) is 0 Å². The molecule has 0 saturated carbocycles. The zero-order valence-corrected chi connectivity index (χ0v) is 18.2. The Morgan fingerprint density at radius 2 is 1.26 bits per heavy atom. The Morgan fingerprint density at radius 3 is 1.68 bits per heavy atom. The number of rotatable bonds is 20. The molecule has 0 aromatic heterocycles. The summed E-state index contributed by atoms with van der Waals surface area (Å²) < 4.78 is 0. The highest BCUT2D eigenvalue weighted by Crippen LogP contribution is 2.07. The van der Waals surface area contributed by atoms with Crippen LogP contribution >= 0.6 is 0 Å². The lowest BCUT2D eigenvalue weighted by atomic mass is 10.0. The second-order valence-electron chi connectivity index (χ2n) is 7.73. The van der Waals surface area contributed by atoms with E-state index in [-0.39, 0.29) is 58.9 Å². The van der Waals surface area contributed by atoms with Crippen molar-refractivity contribution in [3.8, 4) is 0 Å². The molecule has 0 rings (SSSR count). The van der Waals surface area contributed by atoms with Gasteiger partial charge in [-0.3, -0.25) is 29.0 Å². The predicted molar refractivity (Wildman–Crippen MR) is 112 cm³/mol. The van der Waals surface area contributed by atoms with Crippen molar-refractivity contribution in [1.82, 2.24) is 20.4 Å². The maximum Gasteiger partial charge on any atom is 0.320 e. The molecule has 0 aliphatic rings. The first-order valence-corrected chi connectivity index (χ1v) is 10.3. The van der Waals surface area contributed by atoms with Crippen molar-refractivity contribution < 1.29 is 39.6 Å². The van der Waals surface area contributed by atoms with Gasteiger partial charge in [0.1, 0.15) is 6.04 Å². The van der Waals surface area contributed by atoms with Crippen LogP contribution in [-0.4, -0.2) is 119 Å². The number of carboxylic acids is 4. The second kappa shape index (κ2) is 16.4. The number of nitrogens with one attached hydrogen (secondary N) is 2. The van der Waals surface area contributed by atoms with Crippen LogP contribution < -0.4 is 10.6 Å². The van der Waals surface area contributed by atoms with Crippen molar-refractivity contribution >= 4 is 23.9 Å². The third kappa shape index (κ3) is 17.1. The Bertz CT molecular complexity index is 573. The van der Waals surface area contributed by atoms with Crippen molar-refractivity contribution in [1.29, 1.82) is 0 Å². The van der Waals surface area contributed by atoms with Crippen molar-refractivity contribution in [2.45, 2.75) is 32.7 Å². The van der Waals surface area contributed by atoms with Gasteiger partial charge in [-0.25, -0.2) is 0 Å². The first-order chi connectivity index (χ1) is 14.5. The van der Waals surface area contributed by atoms with Gasteiger partial charge in [-0.1, -0.05) is 13.8 Å². The summed E-state index contributed by atoms with van der Waals surface area (Å²) >= 11 is 0. The van der Waals surface area contributed by atoms with E-state index in [0.29, 0.717) is 12.3 Å². The van der Waals surface area contributed by atoms with E-state index in [9.17, 15) is 24.3 Å². The molecule has 0 aromatic carbocycles. The number of hydrogen-bond acceptors (Lipinski definition) is 8. The molecular formula is C19H36N4O8. The van der Waals surface area contributed by atoms with Crippen LogP contribution in [0.4, 0.5) is 0 Å². The monoisotopic (exact) mass is 448 g/mol. The molecule has 0 fully saturated rings. The smallest absolute Gasteiger partial charge is 0.320 e. The van der Waals surface area contributed by atoms with Gasteiger partial charge in [0, 0.05) is 39.3 Å². The molecule has 180 valence electrons. The van der Waals surface area contributed by atoms with Gasteiger partial charge in [0.25, 0.3) is 0 Å². The molecule has 0 aliphatic heterocycles. The predicted octanol–water partition coefficient (Wildman–Crippen LogP) is -1.09. The average Bonchev–Trinajstić information content (AvgIpc) is 2.63. The van der Waals surface area contributed by atoms with E-state index >= 15 is 0 Å². The van der Waals surface area contributed by atoms with Crippen LogP contribution in [0.5, 0.6) is 0 Å². The molecule has 6 N–H and O–H groups in total. The summed E-state index contributed by atoms with van der Waals surface area (Å²) in [7, 11) is 0. The quantitative estimate of drug-likeness (QED) is 0.124. The molecule has 31 heavy (non-hydrogen) atoms. The number of nitrogens with zero attached hydrogens (tertiary/aromatic N) is 2. The van der Waals surface area contributed by atoms with E-state index in [2.05, 4.69) is 10.6 Å². The molecule has 0 bridgehead atoms. The number of aliphatic carboxylic acids is 4. The van der Waals surface area contributed by atoms with Gasteiger partial charge < -0.3 is 31.1 Å². The summed E-state index contributed by atoms with van der Waals surface area (Å²) in [5.41, 5.74) is 0. The highest BCUT2D eigenvalue weighted by atomic mass is 16.4. The second-order valence-corrected chi connectivity index (χ2v) is 7.73. The van der Waals surface area contributed by atoms with E-state index in [4.69, 9.17) is 15.3 Å². The standard InChI is InChI=1S/C19H36N4O8/c1-14(2)3-4-15(19(30)31)21-6-8-23(13-18(28)29)10-9-22(12-17(26)27)7-5-20-11-16(24)25/h14-15,20-21H,3-13H2,1-2H3,(H,24,25)(H,26,27)(H,28,29)(H,30,31). The molecule has 0 radical (unpaired) electrons. The van der Waals surface area contributed by atoms with Gasteiger partial charge in [-0.05, 0) is 18.8 Å². The minimum atomic E-state index is -1.04. The van der Waals surface area contributed by atoms with E-state index in [0.717, 1.165) is 6.42 Å². The van der Waals surface area contributed by atoms with Gasteiger partial charge in [-0.2, -0.15) is 0 Å². The minimum Gasteiger partial charge on any atom is -0.480 e. The Labute approximate surface area is 182 Å². The van der Waals surface area contributed by atoms with Crippen LogP contribution in [0, 0.1) is 5.92 Å². The third-order valence-corrected chi connectivity index (χ3v) is 4.48.